The van der Waals surface area contributed by atoms with Gasteiger partial charge in [0.1, 0.15) is 0 Å². The van der Waals surface area contributed by atoms with Gasteiger partial charge in [0.25, 0.3) is 5.91 Å². The standard InChI is InChI=1S/C22H26N2O/c1-2-24-14-8-13-22(24)15-19-11-6-7-12-20(19)16-23(17-22)21(25)18-9-4-3-5-10-18/h3-7,9-12H,2,8,13-17H2,1H3. The number of rotatable bonds is 2. The van der Waals surface area contributed by atoms with E-state index in [0.717, 1.165) is 31.6 Å². The molecule has 2 heterocycles. The zero-order valence-corrected chi connectivity index (χ0v) is 14.9. The fraction of sp³-hybridized carbons (Fsp3) is 0.409. The van der Waals surface area contributed by atoms with Crippen molar-refractivity contribution in [3.05, 3.63) is 71.3 Å². The molecular formula is C22H26N2O. The number of likely N-dealkylation sites (tertiary alicyclic amines) is 1. The largest absolute Gasteiger partial charge is 0.332 e. The van der Waals surface area contributed by atoms with Gasteiger partial charge in [0.15, 0.2) is 0 Å². The molecule has 2 aliphatic heterocycles. The maximum Gasteiger partial charge on any atom is 0.254 e. The molecule has 1 unspecified atom stereocenters. The van der Waals surface area contributed by atoms with Crippen LogP contribution in [0.3, 0.4) is 0 Å². The van der Waals surface area contributed by atoms with Crippen molar-refractivity contribution in [1.82, 2.24) is 9.80 Å². The number of benzene rings is 2. The van der Waals surface area contributed by atoms with Crippen LogP contribution in [-0.2, 0) is 13.0 Å². The minimum Gasteiger partial charge on any atom is -0.332 e. The lowest BCUT2D eigenvalue weighted by Crippen LogP contribution is -2.53. The number of carbonyl (C=O) groups excluding carboxylic acids is 1. The van der Waals surface area contributed by atoms with Crippen LogP contribution in [0.15, 0.2) is 54.6 Å². The lowest BCUT2D eigenvalue weighted by atomic mass is 9.87. The van der Waals surface area contributed by atoms with Gasteiger partial charge in [-0.25, -0.2) is 0 Å². The normalized spacial score (nSPS) is 23.5. The van der Waals surface area contributed by atoms with Crippen LogP contribution in [0.4, 0.5) is 0 Å². The fourth-order valence-corrected chi connectivity index (χ4v) is 4.69. The Kier molecular flexibility index (Phi) is 4.34. The van der Waals surface area contributed by atoms with E-state index in [0.29, 0.717) is 6.54 Å². The van der Waals surface area contributed by atoms with Crippen LogP contribution in [0, 0.1) is 0 Å². The van der Waals surface area contributed by atoms with Crippen LogP contribution in [0.5, 0.6) is 0 Å². The number of hydrogen-bond acceptors (Lipinski definition) is 2. The molecule has 130 valence electrons. The fourth-order valence-electron chi connectivity index (χ4n) is 4.69. The summed E-state index contributed by atoms with van der Waals surface area (Å²) in [7, 11) is 0. The molecule has 1 saturated heterocycles. The van der Waals surface area contributed by atoms with E-state index >= 15 is 0 Å². The van der Waals surface area contributed by atoms with Crippen molar-refractivity contribution in [2.75, 3.05) is 19.6 Å². The van der Waals surface area contributed by atoms with Gasteiger partial charge in [-0.2, -0.15) is 0 Å². The highest BCUT2D eigenvalue weighted by molar-refractivity contribution is 5.94. The van der Waals surface area contributed by atoms with E-state index in [1.165, 1.54) is 24.0 Å². The van der Waals surface area contributed by atoms with Crippen LogP contribution in [0.2, 0.25) is 0 Å². The number of carbonyl (C=O) groups is 1. The summed E-state index contributed by atoms with van der Waals surface area (Å²) in [5.74, 6) is 0.152. The SMILES string of the molecule is CCN1CCCC12Cc1ccccc1CN(C(=O)c1ccccc1)C2. The van der Waals surface area contributed by atoms with Crippen molar-refractivity contribution >= 4 is 5.91 Å². The number of nitrogens with zero attached hydrogens (tertiary/aromatic N) is 2. The summed E-state index contributed by atoms with van der Waals surface area (Å²) in [6.07, 6.45) is 3.45. The van der Waals surface area contributed by atoms with E-state index in [1.807, 2.05) is 30.3 Å². The van der Waals surface area contributed by atoms with Crippen molar-refractivity contribution < 1.29 is 4.79 Å². The van der Waals surface area contributed by atoms with E-state index in [-0.39, 0.29) is 11.4 Å². The van der Waals surface area contributed by atoms with Crippen LogP contribution in [0.25, 0.3) is 0 Å². The van der Waals surface area contributed by atoms with E-state index in [4.69, 9.17) is 0 Å². The second kappa shape index (κ2) is 6.64. The Bertz CT molecular complexity index is 758. The number of likely N-dealkylation sites (N-methyl/N-ethyl adjacent to an activating group) is 1. The second-order valence-electron chi connectivity index (χ2n) is 7.38. The third kappa shape index (κ3) is 2.98. The topological polar surface area (TPSA) is 23.6 Å². The lowest BCUT2D eigenvalue weighted by molar-refractivity contribution is 0.0561. The number of fused-ring (bicyclic) bond motifs is 1. The van der Waals surface area contributed by atoms with Gasteiger partial charge >= 0.3 is 0 Å². The molecule has 0 radical (unpaired) electrons. The Balaban J connectivity index is 1.74. The summed E-state index contributed by atoms with van der Waals surface area (Å²) in [5, 5.41) is 0. The molecule has 25 heavy (non-hydrogen) atoms. The number of hydrogen-bond donors (Lipinski definition) is 0. The van der Waals surface area contributed by atoms with Crippen molar-refractivity contribution in [3.8, 4) is 0 Å². The zero-order valence-electron chi connectivity index (χ0n) is 14.9. The lowest BCUT2D eigenvalue weighted by Gasteiger charge is -2.40. The summed E-state index contributed by atoms with van der Waals surface area (Å²) in [6.45, 7) is 5.97. The molecule has 0 saturated carbocycles. The molecule has 1 atom stereocenters. The van der Waals surface area contributed by atoms with Crippen LogP contribution in [-0.4, -0.2) is 40.9 Å². The summed E-state index contributed by atoms with van der Waals surface area (Å²) in [4.78, 5) is 17.9. The van der Waals surface area contributed by atoms with Gasteiger partial charge in [-0.3, -0.25) is 9.69 Å². The predicted molar refractivity (Wildman–Crippen MR) is 101 cm³/mol. The Morgan fingerprint density at radius 3 is 2.52 bits per heavy atom. The summed E-state index contributed by atoms with van der Waals surface area (Å²) in [6, 6.07) is 18.4. The van der Waals surface area contributed by atoms with E-state index in [2.05, 4.69) is 41.0 Å². The summed E-state index contributed by atoms with van der Waals surface area (Å²) < 4.78 is 0. The molecule has 2 aromatic rings. The van der Waals surface area contributed by atoms with E-state index in [1.54, 1.807) is 0 Å². The third-order valence-electron chi connectivity index (χ3n) is 5.91. The highest BCUT2D eigenvalue weighted by Gasteiger charge is 2.44. The smallest absolute Gasteiger partial charge is 0.254 e. The van der Waals surface area contributed by atoms with E-state index in [9.17, 15) is 4.79 Å². The minimum atomic E-state index is 0.0891. The van der Waals surface area contributed by atoms with Crippen molar-refractivity contribution in [2.45, 2.75) is 38.3 Å². The molecule has 3 nitrogen and oxygen atoms in total. The second-order valence-corrected chi connectivity index (χ2v) is 7.38. The molecule has 1 spiro atoms. The van der Waals surface area contributed by atoms with Crippen LogP contribution < -0.4 is 0 Å². The molecule has 0 bridgehead atoms. The average Bonchev–Trinajstić information content (AvgIpc) is 2.95. The quantitative estimate of drug-likeness (QED) is 0.835. The van der Waals surface area contributed by atoms with Crippen LogP contribution in [0.1, 0.15) is 41.3 Å². The van der Waals surface area contributed by atoms with Crippen molar-refractivity contribution in [3.63, 3.8) is 0 Å². The highest BCUT2D eigenvalue weighted by atomic mass is 16.2. The predicted octanol–water partition coefficient (Wildman–Crippen LogP) is 3.74. The molecule has 4 rings (SSSR count). The third-order valence-corrected chi connectivity index (χ3v) is 5.91. The van der Waals surface area contributed by atoms with Gasteiger partial charge in [0.2, 0.25) is 0 Å². The zero-order chi connectivity index (χ0) is 17.3. The molecule has 0 N–H and O–H groups in total. The summed E-state index contributed by atoms with van der Waals surface area (Å²) >= 11 is 0. The first-order valence-corrected chi connectivity index (χ1v) is 9.38. The Hall–Kier alpha value is -2.13. The average molecular weight is 334 g/mol. The van der Waals surface area contributed by atoms with Gasteiger partial charge in [-0.15, -0.1) is 0 Å². The maximum atomic E-state index is 13.2. The molecular weight excluding hydrogens is 308 g/mol. The van der Waals surface area contributed by atoms with Gasteiger partial charge in [0, 0.05) is 24.2 Å². The molecule has 2 aromatic carbocycles. The molecule has 1 amide bonds. The van der Waals surface area contributed by atoms with Crippen molar-refractivity contribution in [1.29, 1.82) is 0 Å². The van der Waals surface area contributed by atoms with Gasteiger partial charge in [0.05, 0.1) is 0 Å². The first kappa shape index (κ1) is 16.3. The summed E-state index contributed by atoms with van der Waals surface area (Å²) in [5.41, 5.74) is 3.59. The maximum absolute atomic E-state index is 13.2. The Morgan fingerprint density at radius 1 is 1.04 bits per heavy atom. The molecule has 0 aromatic heterocycles. The van der Waals surface area contributed by atoms with Crippen molar-refractivity contribution in [2.24, 2.45) is 0 Å². The first-order chi connectivity index (χ1) is 12.2. The molecule has 2 aliphatic rings. The molecule has 0 aliphatic carbocycles. The van der Waals surface area contributed by atoms with E-state index < -0.39 is 0 Å². The highest BCUT2D eigenvalue weighted by Crippen LogP contribution is 2.37. The van der Waals surface area contributed by atoms with Gasteiger partial charge < -0.3 is 4.90 Å². The van der Waals surface area contributed by atoms with Crippen LogP contribution >= 0.6 is 0 Å². The molecule has 1 fully saturated rings. The first-order valence-electron chi connectivity index (χ1n) is 9.38. The van der Waals surface area contributed by atoms with Gasteiger partial charge in [-0.05, 0) is 55.6 Å². The monoisotopic (exact) mass is 334 g/mol. The minimum absolute atomic E-state index is 0.0891. The number of amides is 1. The Labute approximate surface area is 150 Å². The Morgan fingerprint density at radius 2 is 1.76 bits per heavy atom. The van der Waals surface area contributed by atoms with Gasteiger partial charge in [-0.1, -0.05) is 49.4 Å². The molecule has 3 heteroatoms.